The number of benzene rings is 1. The third kappa shape index (κ3) is 5.39. The maximum Gasteiger partial charge on any atom is 0.416 e. The van der Waals surface area contributed by atoms with E-state index in [0.29, 0.717) is 11.7 Å². The largest absolute Gasteiger partial charge is 0.416 e. The van der Waals surface area contributed by atoms with Crippen LogP contribution >= 0.6 is 0 Å². The minimum Gasteiger partial charge on any atom is -0.411 e. The second-order valence-electron chi connectivity index (χ2n) is 10.9. The monoisotopic (exact) mass is 519 g/mol. The van der Waals surface area contributed by atoms with Gasteiger partial charge in [0.15, 0.2) is 0 Å². The smallest absolute Gasteiger partial charge is 0.411 e. The number of likely N-dealkylation sites (tertiary alicyclic amines) is 1. The molecule has 9 heteroatoms. The van der Waals surface area contributed by atoms with E-state index < -0.39 is 11.7 Å². The summed E-state index contributed by atoms with van der Waals surface area (Å²) >= 11 is 0. The quantitative estimate of drug-likeness (QED) is 0.494. The fourth-order valence-corrected chi connectivity index (χ4v) is 6.26. The average molecular weight is 520 g/mol. The Morgan fingerprint density at radius 3 is 2.24 bits per heavy atom. The lowest BCUT2D eigenvalue weighted by Crippen LogP contribution is -2.61. The van der Waals surface area contributed by atoms with E-state index in [1.165, 1.54) is 12.1 Å². The predicted molar refractivity (Wildman–Crippen MR) is 139 cm³/mol. The number of alkyl halides is 3. The van der Waals surface area contributed by atoms with Crippen molar-refractivity contribution in [1.82, 2.24) is 24.6 Å². The van der Waals surface area contributed by atoms with Crippen molar-refractivity contribution in [2.75, 3.05) is 32.7 Å². The molecule has 2 aliphatic rings. The van der Waals surface area contributed by atoms with Crippen LogP contribution < -0.4 is 0 Å². The van der Waals surface area contributed by atoms with Gasteiger partial charge in [0.2, 0.25) is 0 Å². The van der Waals surface area contributed by atoms with Crippen LogP contribution in [0.2, 0.25) is 0 Å². The van der Waals surface area contributed by atoms with Crippen molar-refractivity contribution in [3.8, 4) is 0 Å². The number of aryl methyl sites for hydroxylation is 1. The fraction of sp³-hybridized carbons (Fsp3) is 0.607. The Hall–Kier alpha value is -2.52. The summed E-state index contributed by atoms with van der Waals surface area (Å²) in [6, 6.07) is 6.10. The molecule has 2 atom stereocenters. The standard InChI is InChI=1S/C28H40F3N5O/c1-7-25(23-8-10-24(11-9-23)28(29,30)31)35-17-16-34(18-19(35)2)27(6)12-14-33(15-13-27)21(4)26-20(3)32-36(37)22(26)5/h8-11,19,25,37H,4,7,12-18H2,1-3,5-6H3/t19-,25?/m0/s1. The van der Waals surface area contributed by atoms with Gasteiger partial charge in [0.25, 0.3) is 0 Å². The molecule has 4 rings (SSSR count). The van der Waals surface area contributed by atoms with Gasteiger partial charge >= 0.3 is 6.18 Å². The van der Waals surface area contributed by atoms with Crippen molar-refractivity contribution in [2.24, 2.45) is 0 Å². The summed E-state index contributed by atoms with van der Waals surface area (Å²) in [4.78, 5) is 8.29. The third-order valence-electron chi connectivity index (χ3n) is 8.63. The number of rotatable bonds is 6. The van der Waals surface area contributed by atoms with Crippen LogP contribution in [0, 0.1) is 13.8 Å². The highest BCUT2D eigenvalue weighted by molar-refractivity contribution is 5.66. The zero-order valence-corrected chi connectivity index (χ0v) is 22.6. The summed E-state index contributed by atoms with van der Waals surface area (Å²) in [5.74, 6) is 0. The second kappa shape index (κ2) is 10.3. The van der Waals surface area contributed by atoms with E-state index >= 15 is 0 Å². The van der Waals surface area contributed by atoms with Crippen LogP contribution in [0.5, 0.6) is 0 Å². The molecule has 0 bridgehead atoms. The Morgan fingerprint density at radius 1 is 1.14 bits per heavy atom. The summed E-state index contributed by atoms with van der Waals surface area (Å²) in [6.45, 7) is 19.3. The van der Waals surface area contributed by atoms with E-state index in [9.17, 15) is 18.4 Å². The predicted octanol–water partition coefficient (Wildman–Crippen LogP) is 5.74. The fourth-order valence-electron chi connectivity index (χ4n) is 6.26. The normalized spacial score (nSPS) is 22.3. The van der Waals surface area contributed by atoms with E-state index in [1.54, 1.807) is 12.1 Å². The number of piperazine rings is 1. The summed E-state index contributed by atoms with van der Waals surface area (Å²) in [5.41, 5.74) is 3.76. The van der Waals surface area contributed by atoms with E-state index in [1.807, 2.05) is 13.8 Å². The maximum absolute atomic E-state index is 13.0. The summed E-state index contributed by atoms with van der Waals surface area (Å²) in [7, 11) is 0. The average Bonchev–Trinajstić information content (AvgIpc) is 3.11. The molecule has 0 spiro atoms. The zero-order chi connectivity index (χ0) is 27.1. The molecule has 1 unspecified atom stereocenters. The maximum atomic E-state index is 13.0. The molecule has 0 saturated carbocycles. The zero-order valence-electron chi connectivity index (χ0n) is 22.6. The number of aromatic nitrogens is 2. The Balaban J connectivity index is 1.38. The van der Waals surface area contributed by atoms with Crippen LogP contribution in [0.3, 0.4) is 0 Å². The molecular formula is C28H40F3N5O. The molecule has 2 aromatic rings. The van der Waals surface area contributed by atoms with Crippen molar-refractivity contribution >= 4 is 5.70 Å². The van der Waals surface area contributed by atoms with Crippen LogP contribution in [-0.4, -0.2) is 74.2 Å². The van der Waals surface area contributed by atoms with Gasteiger partial charge in [-0.3, -0.25) is 9.80 Å². The van der Waals surface area contributed by atoms with Crippen molar-refractivity contribution in [1.29, 1.82) is 0 Å². The number of hydrogen-bond donors (Lipinski definition) is 1. The van der Waals surface area contributed by atoms with Crippen LogP contribution in [0.15, 0.2) is 30.8 Å². The molecule has 1 aromatic carbocycles. The topological polar surface area (TPSA) is 47.8 Å². The van der Waals surface area contributed by atoms with Gasteiger partial charge in [0.05, 0.1) is 17.0 Å². The second-order valence-corrected chi connectivity index (χ2v) is 10.9. The van der Waals surface area contributed by atoms with E-state index in [0.717, 1.165) is 79.3 Å². The molecule has 2 aliphatic heterocycles. The number of hydrogen-bond acceptors (Lipinski definition) is 5. The lowest BCUT2D eigenvalue weighted by Gasteiger charge is -2.53. The van der Waals surface area contributed by atoms with Gasteiger partial charge in [0, 0.05) is 61.6 Å². The van der Waals surface area contributed by atoms with Gasteiger partial charge < -0.3 is 10.1 Å². The van der Waals surface area contributed by atoms with Crippen LogP contribution in [0.4, 0.5) is 13.2 Å². The molecule has 1 N–H and O–H groups in total. The SMILES string of the molecule is C=C(c1c(C)nn(O)c1C)N1CCC(C)(N2CCN(C(CC)c3ccc(C(F)(F)F)cc3)[C@@H](C)C2)CC1. The van der Waals surface area contributed by atoms with E-state index in [4.69, 9.17) is 0 Å². The molecule has 204 valence electrons. The first-order valence-electron chi connectivity index (χ1n) is 13.2. The van der Waals surface area contributed by atoms with Crippen LogP contribution in [0.25, 0.3) is 5.70 Å². The minimum atomic E-state index is -4.31. The van der Waals surface area contributed by atoms with Crippen molar-refractivity contribution in [3.63, 3.8) is 0 Å². The Labute approximate surface area is 218 Å². The van der Waals surface area contributed by atoms with E-state index in [2.05, 4.69) is 47.1 Å². The molecular weight excluding hydrogens is 479 g/mol. The van der Waals surface area contributed by atoms with Crippen molar-refractivity contribution in [2.45, 2.75) is 77.7 Å². The highest BCUT2D eigenvalue weighted by atomic mass is 19.4. The Morgan fingerprint density at radius 2 is 1.76 bits per heavy atom. The molecule has 6 nitrogen and oxygen atoms in total. The van der Waals surface area contributed by atoms with Gasteiger partial charge in [-0.25, -0.2) is 0 Å². The molecule has 0 aliphatic carbocycles. The van der Waals surface area contributed by atoms with Gasteiger partial charge in [-0.15, -0.1) is 9.94 Å². The Kier molecular flexibility index (Phi) is 7.68. The number of nitrogens with zero attached hydrogens (tertiary/aromatic N) is 5. The molecule has 0 radical (unpaired) electrons. The van der Waals surface area contributed by atoms with E-state index in [-0.39, 0.29) is 11.6 Å². The van der Waals surface area contributed by atoms with Gasteiger partial charge in [0.1, 0.15) is 0 Å². The van der Waals surface area contributed by atoms with Gasteiger partial charge in [-0.1, -0.05) is 25.6 Å². The van der Waals surface area contributed by atoms with Gasteiger partial charge in [-0.05, 0) is 64.7 Å². The molecule has 1 aromatic heterocycles. The Bertz CT molecular complexity index is 1100. The molecule has 2 fully saturated rings. The first-order chi connectivity index (χ1) is 17.4. The van der Waals surface area contributed by atoms with Crippen molar-refractivity contribution in [3.05, 3.63) is 58.9 Å². The first kappa shape index (κ1) is 27.5. The third-order valence-corrected chi connectivity index (χ3v) is 8.63. The first-order valence-corrected chi connectivity index (χ1v) is 13.2. The lowest BCUT2D eigenvalue weighted by molar-refractivity contribution is -0.137. The summed E-state index contributed by atoms with van der Waals surface area (Å²) in [6.07, 6.45) is -1.43. The van der Waals surface area contributed by atoms with Crippen LogP contribution in [-0.2, 0) is 6.18 Å². The minimum absolute atomic E-state index is 0.0818. The highest BCUT2D eigenvalue weighted by Gasteiger charge is 2.41. The number of halogens is 3. The highest BCUT2D eigenvalue weighted by Crippen LogP contribution is 2.37. The summed E-state index contributed by atoms with van der Waals surface area (Å²) < 4.78 is 39.1. The molecule has 37 heavy (non-hydrogen) atoms. The number of piperidine rings is 1. The summed E-state index contributed by atoms with van der Waals surface area (Å²) in [5, 5.41) is 14.1. The lowest BCUT2D eigenvalue weighted by atomic mass is 9.85. The van der Waals surface area contributed by atoms with Crippen LogP contribution in [0.1, 0.15) is 74.2 Å². The molecule has 2 saturated heterocycles. The van der Waals surface area contributed by atoms with Gasteiger partial charge in [-0.2, -0.15) is 13.2 Å². The van der Waals surface area contributed by atoms with Crippen molar-refractivity contribution < 1.29 is 18.4 Å². The molecule has 0 amide bonds. The molecule has 3 heterocycles.